The average Bonchev–Trinajstić information content (AvgIpc) is 3.98. The molecule has 320 valence electrons. The third-order valence-corrected chi connectivity index (χ3v) is 17.3. The van der Waals surface area contributed by atoms with Crippen LogP contribution in [0, 0.1) is 29.6 Å². The van der Waals surface area contributed by atoms with Gasteiger partial charge in [-0.2, -0.15) is 0 Å². The summed E-state index contributed by atoms with van der Waals surface area (Å²) in [4.78, 5) is 15.7. The number of hydrogen-bond acceptors (Lipinski definition) is 4. The van der Waals surface area contributed by atoms with Gasteiger partial charge in [0.25, 0.3) is 0 Å². The van der Waals surface area contributed by atoms with Crippen molar-refractivity contribution in [2.45, 2.75) is 42.9 Å². The fraction of sp³-hybridized carbons (Fsp3) is 0.190. The molecule has 0 amide bonds. The van der Waals surface area contributed by atoms with E-state index in [9.17, 15) is 0 Å². The van der Waals surface area contributed by atoms with Crippen LogP contribution in [0.5, 0.6) is 11.5 Å². The molecular formula is C63H47N3O. The molecule has 1 aliphatic heterocycles. The number of benzene rings is 8. The Morgan fingerprint density at radius 1 is 0.373 bits per heavy atom. The van der Waals surface area contributed by atoms with Crippen molar-refractivity contribution in [2.75, 3.05) is 0 Å². The third kappa shape index (κ3) is 5.44. The highest BCUT2D eigenvalue weighted by Gasteiger charge is 2.65. The molecule has 4 nitrogen and oxygen atoms in total. The van der Waals surface area contributed by atoms with Crippen LogP contribution in [0.1, 0.15) is 59.9 Å². The minimum absolute atomic E-state index is 0.346. The summed E-state index contributed by atoms with van der Waals surface area (Å²) in [7, 11) is 0. The fourth-order valence-electron chi connectivity index (χ4n) is 14.6. The lowest BCUT2D eigenvalue weighted by Gasteiger charge is -2.52. The molecule has 67 heavy (non-hydrogen) atoms. The van der Waals surface area contributed by atoms with Gasteiger partial charge in [-0.25, -0.2) is 15.0 Å². The molecule has 2 heterocycles. The van der Waals surface area contributed by atoms with Crippen molar-refractivity contribution in [2.24, 2.45) is 29.6 Å². The van der Waals surface area contributed by atoms with Crippen LogP contribution in [0.3, 0.4) is 0 Å². The molecule has 1 spiro atoms. The van der Waals surface area contributed by atoms with Crippen LogP contribution in [0.25, 0.3) is 67.5 Å². The zero-order chi connectivity index (χ0) is 43.8. The fourth-order valence-corrected chi connectivity index (χ4v) is 14.6. The predicted molar refractivity (Wildman–Crippen MR) is 267 cm³/mol. The lowest BCUT2D eigenvalue weighted by Crippen LogP contribution is -2.45. The maximum absolute atomic E-state index is 6.84. The van der Waals surface area contributed by atoms with Crippen LogP contribution in [0.2, 0.25) is 0 Å². The smallest absolute Gasteiger partial charge is 0.164 e. The zero-order valence-electron chi connectivity index (χ0n) is 37.1. The van der Waals surface area contributed by atoms with Gasteiger partial charge in [-0.05, 0) is 135 Å². The van der Waals surface area contributed by atoms with Crippen molar-refractivity contribution in [1.29, 1.82) is 0 Å². The summed E-state index contributed by atoms with van der Waals surface area (Å²) in [5.41, 5.74) is 16.3. The summed E-state index contributed by atoms with van der Waals surface area (Å²) >= 11 is 0. The number of rotatable bonds is 6. The molecule has 2 bridgehead atoms. The van der Waals surface area contributed by atoms with E-state index >= 15 is 0 Å². The van der Waals surface area contributed by atoms with E-state index in [1.807, 2.05) is 0 Å². The highest BCUT2D eigenvalue weighted by Crippen LogP contribution is 2.72. The molecule has 1 aromatic heterocycles. The molecule has 0 saturated heterocycles. The SMILES string of the molecule is c1ccc(-c2cccc(-c3nc(-c4ccc(-c5ccc6c(c5)Oc5ccccc5C65c6ccccc6-c6ccccc65)cc4)nc(-c4ccc(C56CC7C8C(C[C@@H]7C5)C[C@H]8C6)cc4)n3)c2)cc1. The molecule has 4 heteroatoms. The van der Waals surface area contributed by atoms with Gasteiger partial charge < -0.3 is 4.74 Å². The summed E-state index contributed by atoms with van der Waals surface area (Å²) in [5.74, 6) is 8.71. The molecule has 4 unspecified atom stereocenters. The van der Waals surface area contributed by atoms with Gasteiger partial charge in [0.2, 0.25) is 0 Å². The molecule has 5 aliphatic carbocycles. The molecule has 6 aliphatic rings. The van der Waals surface area contributed by atoms with Crippen LogP contribution < -0.4 is 4.74 Å². The first kappa shape index (κ1) is 37.8. The van der Waals surface area contributed by atoms with Gasteiger partial charge in [0.15, 0.2) is 17.5 Å². The largest absolute Gasteiger partial charge is 0.457 e. The Bertz CT molecular complexity index is 3410. The second-order valence-electron chi connectivity index (χ2n) is 20.4. The van der Waals surface area contributed by atoms with Crippen molar-refractivity contribution in [3.63, 3.8) is 0 Å². The van der Waals surface area contributed by atoms with Crippen LogP contribution in [-0.2, 0) is 10.8 Å². The summed E-state index contributed by atoms with van der Waals surface area (Å²) in [5, 5.41) is 0. The van der Waals surface area contributed by atoms with E-state index in [4.69, 9.17) is 19.7 Å². The average molecular weight is 862 g/mol. The van der Waals surface area contributed by atoms with Gasteiger partial charge in [0, 0.05) is 27.8 Å². The monoisotopic (exact) mass is 861 g/mol. The molecule has 6 atom stereocenters. The summed E-state index contributed by atoms with van der Waals surface area (Å²) in [6.07, 6.45) is 7.10. The standard InChI is InChI=1S/C63H47N3O/c1-2-11-38(12-3-1)42-13-10-14-44(31-42)61-65-59(64-60(66-61)41-25-28-48(29-26-41)62-35-46-32-45-33-47(36-62)58(45)51(46)37-62)40-23-21-39(22-24-40)43-27-30-55-57(34-43)67-56-20-9-8-19-54(56)63(55)52-17-6-4-15-49(52)50-16-5-7-18-53(50)63/h1-31,34,45-47,51,58H,32-33,35-37H2/t45?,46-,47+,51?,58?,62?/m1/s1. The van der Waals surface area contributed by atoms with Crippen LogP contribution in [0.4, 0.5) is 0 Å². The number of nitrogens with zero attached hydrogens (tertiary/aromatic N) is 3. The maximum Gasteiger partial charge on any atom is 0.164 e. The second kappa shape index (κ2) is 14.0. The Kier molecular flexibility index (Phi) is 7.91. The Labute approximate surface area is 391 Å². The van der Waals surface area contributed by atoms with Crippen molar-refractivity contribution < 1.29 is 4.74 Å². The van der Waals surface area contributed by atoms with Crippen molar-refractivity contribution in [3.8, 4) is 79.0 Å². The van der Waals surface area contributed by atoms with Crippen LogP contribution >= 0.6 is 0 Å². The van der Waals surface area contributed by atoms with E-state index in [1.165, 1.54) is 65.5 Å². The van der Waals surface area contributed by atoms with Crippen molar-refractivity contribution >= 4 is 0 Å². The van der Waals surface area contributed by atoms with E-state index in [-0.39, 0.29) is 0 Å². The lowest BCUT2D eigenvalue weighted by atomic mass is 9.52. The van der Waals surface area contributed by atoms with Gasteiger partial charge in [0.05, 0.1) is 5.41 Å². The first-order valence-electron chi connectivity index (χ1n) is 24.3. The van der Waals surface area contributed by atoms with E-state index in [1.54, 1.807) is 0 Å². The molecule has 0 N–H and O–H groups in total. The molecule has 9 aromatic rings. The van der Waals surface area contributed by atoms with Gasteiger partial charge in [0.1, 0.15) is 11.5 Å². The van der Waals surface area contributed by atoms with Crippen molar-refractivity contribution in [1.82, 2.24) is 15.0 Å². The van der Waals surface area contributed by atoms with E-state index in [2.05, 4.69) is 194 Å². The molecule has 0 radical (unpaired) electrons. The quantitative estimate of drug-likeness (QED) is 0.167. The van der Waals surface area contributed by atoms with Gasteiger partial charge in [-0.15, -0.1) is 0 Å². The van der Waals surface area contributed by atoms with Gasteiger partial charge in [-0.1, -0.05) is 176 Å². The minimum atomic E-state index is -0.482. The maximum atomic E-state index is 6.84. The van der Waals surface area contributed by atoms with Crippen LogP contribution in [-0.4, -0.2) is 15.0 Å². The summed E-state index contributed by atoms with van der Waals surface area (Å²) in [6, 6.07) is 70.2. The van der Waals surface area contributed by atoms with Crippen molar-refractivity contribution in [3.05, 3.63) is 222 Å². The number of hydrogen-bond donors (Lipinski definition) is 0. The number of para-hydroxylation sites is 1. The number of ether oxygens (including phenoxy) is 1. The first-order valence-corrected chi connectivity index (χ1v) is 24.3. The molecule has 8 aromatic carbocycles. The molecule has 4 saturated carbocycles. The Morgan fingerprint density at radius 2 is 0.896 bits per heavy atom. The zero-order valence-corrected chi connectivity index (χ0v) is 37.1. The molecular weight excluding hydrogens is 815 g/mol. The third-order valence-electron chi connectivity index (χ3n) is 17.3. The van der Waals surface area contributed by atoms with E-state index in [0.29, 0.717) is 22.9 Å². The topological polar surface area (TPSA) is 47.9 Å². The van der Waals surface area contributed by atoms with Crippen LogP contribution in [0.15, 0.2) is 194 Å². The second-order valence-corrected chi connectivity index (χ2v) is 20.4. The Morgan fingerprint density at radius 3 is 1.64 bits per heavy atom. The van der Waals surface area contributed by atoms with Gasteiger partial charge in [-0.3, -0.25) is 0 Å². The summed E-state index contributed by atoms with van der Waals surface area (Å²) < 4.78 is 6.84. The normalized spacial score (nSPS) is 23.7. The lowest BCUT2D eigenvalue weighted by molar-refractivity contribution is 0.00350. The van der Waals surface area contributed by atoms with E-state index < -0.39 is 5.41 Å². The highest BCUT2D eigenvalue weighted by atomic mass is 16.5. The highest BCUT2D eigenvalue weighted by molar-refractivity contribution is 5.89. The predicted octanol–water partition coefficient (Wildman–Crippen LogP) is 15.0. The first-order chi connectivity index (χ1) is 33.1. The number of fused-ring (bicyclic) bond motifs is 10. The Hall–Kier alpha value is -7.43. The summed E-state index contributed by atoms with van der Waals surface area (Å²) in [6.45, 7) is 0. The van der Waals surface area contributed by atoms with Gasteiger partial charge >= 0.3 is 0 Å². The number of aromatic nitrogens is 3. The Balaban J connectivity index is 0.804. The van der Waals surface area contributed by atoms with E-state index in [0.717, 1.165) is 85.6 Å². The molecule has 4 fully saturated rings. The molecule has 15 rings (SSSR count). The minimum Gasteiger partial charge on any atom is -0.457 e.